The lowest BCUT2D eigenvalue weighted by Gasteiger charge is -2.37. The molecule has 0 saturated carbocycles. The van der Waals surface area contributed by atoms with Crippen LogP contribution in [0.4, 0.5) is 18.9 Å². The van der Waals surface area contributed by atoms with Gasteiger partial charge >= 0.3 is 0 Å². The molecule has 1 amide bonds. The van der Waals surface area contributed by atoms with Crippen LogP contribution < -0.4 is 5.32 Å². The number of hydrogen-bond donors (Lipinski definition) is 1. The van der Waals surface area contributed by atoms with Crippen molar-refractivity contribution in [3.05, 3.63) is 71.2 Å². The van der Waals surface area contributed by atoms with E-state index in [-0.39, 0.29) is 29.5 Å². The molecule has 2 aromatic carbocycles. The number of benzene rings is 2. The van der Waals surface area contributed by atoms with Crippen LogP contribution in [0.1, 0.15) is 68.2 Å². The Kier molecular flexibility index (Phi) is 7.01. The molecule has 3 aliphatic rings. The van der Waals surface area contributed by atoms with Crippen molar-refractivity contribution in [3.63, 3.8) is 0 Å². The predicted molar refractivity (Wildman–Crippen MR) is 143 cm³/mol. The van der Waals surface area contributed by atoms with E-state index in [1.54, 1.807) is 13.1 Å². The van der Waals surface area contributed by atoms with E-state index >= 15 is 0 Å². The molecule has 2 fully saturated rings. The number of fused-ring (bicyclic) bond motifs is 3. The Hall–Kier alpha value is -3.46. The van der Waals surface area contributed by atoms with Crippen LogP contribution in [0.15, 0.2) is 48.7 Å². The maximum atomic E-state index is 14.8. The minimum absolute atomic E-state index is 0.00162. The number of allylic oxidation sites excluding steroid dienone is 2. The molecule has 2 aliphatic heterocycles. The van der Waals surface area contributed by atoms with E-state index in [1.807, 2.05) is 18.2 Å². The minimum atomic E-state index is -2.88. The number of halogens is 3. The Labute approximate surface area is 225 Å². The fraction of sp³-hybridized carbons (Fsp3) is 0.433. The van der Waals surface area contributed by atoms with Crippen molar-refractivity contribution < 1.29 is 22.7 Å². The van der Waals surface area contributed by atoms with Crippen LogP contribution in [0.5, 0.6) is 0 Å². The molecule has 6 rings (SSSR count). The number of carbonyl (C=O) groups is 1. The van der Waals surface area contributed by atoms with E-state index in [0.29, 0.717) is 30.8 Å². The molecule has 3 heterocycles. The molecule has 1 aliphatic carbocycles. The Balaban J connectivity index is 1.21. The van der Waals surface area contributed by atoms with E-state index in [1.165, 1.54) is 17.7 Å². The molecule has 2 saturated heterocycles. The largest absolute Gasteiger partial charge is 0.377 e. The molecule has 3 aromatic rings. The summed E-state index contributed by atoms with van der Waals surface area (Å²) in [5, 5.41) is 12.3. The molecule has 0 radical (unpaired) electrons. The quantitative estimate of drug-likeness (QED) is 0.392. The average Bonchev–Trinajstić information content (AvgIpc) is 3.20. The van der Waals surface area contributed by atoms with Crippen LogP contribution in [0.3, 0.4) is 0 Å². The highest BCUT2D eigenvalue weighted by Gasteiger charge is 2.42. The first kappa shape index (κ1) is 25.8. The fourth-order valence-electron chi connectivity index (χ4n) is 6.27. The number of morpholine rings is 1. The summed E-state index contributed by atoms with van der Waals surface area (Å²) in [6.07, 6.45) is 5.22. The summed E-state index contributed by atoms with van der Waals surface area (Å²) in [7, 11) is 0. The van der Waals surface area contributed by atoms with Crippen LogP contribution in [0.25, 0.3) is 16.5 Å². The van der Waals surface area contributed by atoms with E-state index < -0.39 is 23.8 Å². The summed E-state index contributed by atoms with van der Waals surface area (Å²) < 4.78 is 46.8. The van der Waals surface area contributed by atoms with Gasteiger partial charge in [0.1, 0.15) is 5.82 Å². The van der Waals surface area contributed by atoms with Gasteiger partial charge in [0.25, 0.3) is 6.43 Å². The number of carbonyl (C=O) groups excluding carboxylic acids is 1. The Morgan fingerprint density at radius 1 is 1.10 bits per heavy atom. The Morgan fingerprint density at radius 3 is 2.59 bits per heavy atom. The molecule has 0 spiro atoms. The number of nitrogens with zero attached hydrogens (tertiary/aromatic N) is 3. The second-order valence-electron chi connectivity index (χ2n) is 10.8. The lowest BCUT2D eigenvalue weighted by Crippen LogP contribution is -2.51. The van der Waals surface area contributed by atoms with Crippen molar-refractivity contribution in [1.29, 1.82) is 0 Å². The molecule has 204 valence electrons. The molecular formula is C30H31F3N4O2. The number of hydrogen-bond acceptors (Lipinski definition) is 5. The maximum Gasteiger partial charge on any atom is 0.266 e. The molecule has 3 unspecified atom stereocenters. The van der Waals surface area contributed by atoms with Crippen LogP contribution in [-0.2, 0) is 9.53 Å². The van der Waals surface area contributed by atoms with Gasteiger partial charge < -0.3 is 15.0 Å². The third kappa shape index (κ3) is 4.88. The lowest BCUT2D eigenvalue weighted by molar-refractivity contribution is -0.145. The zero-order valence-electron chi connectivity index (χ0n) is 21.7. The van der Waals surface area contributed by atoms with Gasteiger partial charge in [0.2, 0.25) is 5.91 Å². The SMILES string of the molecule is C[C@@H](Nc1cnnc2ccc(C3=CCC(C(=O)N4C5CCC4COC5)CC3)cc12)c1cccc(C(F)F)c1F. The zero-order chi connectivity index (χ0) is 27.1. The third-order valence-corrected chi connectivity index (χ3v) is 8.40. The topological polar surface area (TPSA) is 67.4 Å². The number of amides is 1. The normalized spacial score (nSPS) is 23.7. The predicted octanol–water partition coefficient (Wildman–Crippen LogP) is 6.45. The van der Waals surface area contributed by atoms with Gasteiger partial charge in [-0.2, -0.15) is 10.2 Å². The molecule has 1 N–H and O–H groups in total. The number of aromatic nitrogens is 2. The van der Waals surface area contributed by atoms with Gasteiger partial charge in [0.05, 0.1) is 54.3 Å². The summed E-state index contributed by atoms with van der Waals surface area (Å²) >= 11 is 0. The smallest absolute Gasteiger partial charge is 0.266 e. The third-order valence-electron chi connectivity index (χ3n) is 8.40. The molecule has 1 aromatic heterocycles. The minimum Gasteiger partial charge on any atom is -0.377 e. The highest BCUT2D eigenvalue weighted by atomic mass is 19.3. The van der Waals surface area contributed by atoms with E-state index in [4.69, 9.17) is 4.74 Å². The molecule has 2 bridgehead atoms. The monoisotopic (exact) mass is 536 g/mol. The molecule has 6 nitrogen and oxygen atoms in total. The average molecular weight is 537 g/mol. The Bertz CT molecular complexity index is 1410. The van der Waals surface area contributed by atoms with Gasteiger partial charge in [-0.15, -0.1) is 0 Å². The second-order valence-corrected chi connectivity index (χ2v) is 10.8. The second kappa shape index (κ2) is 10.6. The molecule has 39 heavy (non-hydrogen) atoms. The first-order valence-corrected chi connectivity index (χ1v) is 13.6. The first-order valence-electron chi connectivity index (χ1n) is 13.6. The van der Waals surface area contributed by atoms with Crippen molar-refractivity contribution in [1.82, 2.24) is 15.1 Å². The van der Waals surface area contributed by atoms with E-state index in [9.17, 15) is 18.0 Å². The zero-order valence-corrected chi connectivity index (χ0v) is 21.7. The first-order chi connectivity index (χ1) is 18.9. The van der Waals surface area contributed by atoms with Crippen LogP contribution in [0, 0.1) is 11.7 Å². The number of rotatable bonds is 6. The van der Waals surface area contributed by atoms with Gasteiger partial charge in [0.15, 0.2) is 0 Å². The fourth-order valence-corrected chi connectivity index (χ4v) is 6.27. The van der Waals surface area contributed by atoms with Crippen LogP contribution >= 0.6 is 0 Å². The summed E-state index contributed by atoms with van der Waals surface area (Å²) in [5.41, 5.74) is 3.08. The standard InChI is InChI=1S/C30H31F3N4O2/c1-17(23-3-2-4-24(28(23)31)29(32)33)35-27-14-34-36-26-12-9-20(13-25(26)27)18-5-7-19(8-6-18)30(38)37-21-10-11-22(37)16-39-15-21/h2-5,9,12-14,17,19,21-22,29H,6-8,10-11,15-16H2,1H3,(H,35,36)/t17-,19?,21?,22?/m1/s1. The van der Waals surface area contributed by atoms with Crippen molar-refractivity contribution in [2.45, 2.75) is 63.6 Å². The van der Waals surface area contributed by atoms with Gasteiger partial charge in [-0.1, -0.05) is 30.3 Å². The van der Waals surface area contributed by atoms with Crippen LogP contribution in [-0.4, -0.2) is 46.3 Å². The highest BCUT2D eigenvalue weighted by Crippen LogP contribution is 2.37. The van der Waals surface area contributed by atoms with Gasteiger partial charge in [-0.3, -0.25) is 4.79 Å². The lowest BCUT2D eigenvalue weighted by atomic mass is 9.85. The summed E-state index contributed by atoms with van der Waals surface area (Å²) in [6.45, 7) is 3.02. The maximum absolute atomic E-state index is 14.8. The number of ether oxygens (including phenoxy) is 1. The van der Waals surface area contributed by atoms with Gasteiger partial charge in [-0.05, 0) is 62.3 Å². The van der Waals surface area contributed by atoms with Gasteiger partial charge in [0, 0.05) is 16.9 Å². The highest BCUT2D eigenvalue weighted by molar-refractivity contribution is 5.93. The summed E-state index contributed by atoms with van der Waals surface area (Å²) in [4.78, 5) is 15.4. The molecular weight excluding hydrogens is 505 g/mol. The Morgan fingerprint density at radius 2 is 1.87 bits per heavy atom. The van der Waals surface area contributed by atoms with E-state index in [0.717, 1.165) is 42.7 Å². The van der Waals surface area contributed by atoms with Crippen LogP contribution in [0.2, 0.25) is 0 Å². The number of nitrogens with one attached hydrogen (secondary N) is 1. The van der Waals surface area contributed by atoms with Crippen molar-refractivity contribution in [3.8, 4) is 0 Å². The van der Waals surface area contributed by atoms with Crippen molar-refractivity contribution in [2.75, 3.05) is 18.5 Å². The van der Waals surface area contributed by atoms with E-state index in [2.05, 4.69) is 26.5 Å². The molecule has 4 atom stereocenters. The summed E-state index contributed by atoms with van der Waals surface area (Å²) in [5.74, 6) is -0.641. The molecule has 9 heteroatoms. The van der Waals surface area contributed by atoms with Crippen molar-refractivity contribution >= 4 is 28.1 Å². The summed E-state index contributed by atoms with van der Waals surface area (Å²) in [6, 6.07) is 9.86. The number of anilines is 1. The van der Waals surface area contributed by atoms with Crippen molar-refractivity contribution in [2.24, 2.45) is 5.92 Å². The number of alkyl halides is 2. The van der Waals surface area contributed by atoms with Gasteiger partial charge in [-0.25, -0.2) is 13.2 Å².